The predicted octanol–water partition coefficient (Wildman–Crippen LogP) is -0.228. The zero-order valence-corrected chi connectivity index (χ0v) is 9.47. The SMILES string of the molecule is CCCC1OCC(=O)OCC(=O)OCC(=O)O1. The van der Waals surface area contributed by atoms with Gasteiger partial charge in [-0.1, -0.05) is 13.3 Å². The maximum Gasteiger partial charge on any atom is 0.346 e. The first-order chi connectivity index (χ1) is 8.11. The molecule has 0 aromatic rings. The third kappa shape index (κ3) is 5.30. The number of cyclic esters (lactones) is 3. The molecule has 0 amide bonds. The molecule has 7 heteroatoms. The van der Waals surface area contributed by atoms with Gasteiger partial charge in [-0.05, 0) is 0 Å². The van der Waals surface area contributed by atoms with E-state index in [4.69, 9.17) is 9.47 Å². The molecular formula is C10H14O7. The molecule has 96 valence electrons. The highest BCUT2D eigenvalue weighted by molar-refractivity contribution is 5.79. The van der Waals surface area contributed by atoms with Crippen molar-refractivity contribution in [2.75, 3.05) is 19.8 Å². The Morgan fingerprint density at radius 1 is 1.00 bits per heavy atom. The highest BCUT2D eigenvalue weighted by Crippen LogP contribution is 2.06. The molecule has 0 aromatic carbocycles. The second kappa shape index (κ2) is 6.85. The van der Waals surface area contributed by atoms with Crippen molar-refractivity contribution in [3.8, 4) is 0 Å². The van der Waals surface area contributed by atoms with E-state index in [1.165, 1.54) is 0 Å². The van der Waals surface area contributed by atoms with Crippen LogP contribution >= 0.6 is 0 Å². The third-order valence-corrected chi connectivity index (χ3v) is 1.88. The predicted molar refractivity (Wildman–Crippen MR) is 52.7 cm³/mol. The summed E-state index contributed by atoms with van der Waals surface area (Å²) in [4.78, 5) is 33.3. The zero-order valence-electron chi connectivity index (χ0n) is 9.47. The van der Waals surface area contributed by atoms with Crippen molar-refractivity contribution < 1.29 is 33.3 Å². The van der Waals surface area contributed by atoms with Gasteiger partial charge in [0.05, 0.1) is 0 Å². The zero-order chi connectivity index (χ0) is 12.7. The summed E-state index contributed by atoms with van der Waals surface area (Å²) < 4.78 is 19.0. The lowest BCUT2D eigenvalue weighted by Gasteiger charge is -2.16. The van der Waals surface area contributed by atoms with Crippen LogP contribution in [0.25, 0.3) is 0 Å². The maximum atomic E-state index is 11.2. The number of hydrogen-bond acceptors (Lipinski definition) is 7. The van der Waals surface area contributed by atoms with Gasteiger partial charge < -0.3 is 18.9 Å². The van der Waals surface area contributed by atoms with Crippen LogP contribution in [0.3, 0.4) is 0 Å². The summed E-state index contributed by atoms with van der Waals surface area (Å²) in [5, 5.41) is 0. The first-order valence-corrected chi connectivity index (χ1v) is 5.24. The Balaban J connectivity index is 2.58. The van der Waals surface area contributed by atoms with Crippen molar-refractivity contribution in [1.29, 1.82) is 0 Å². The minimum absolute atomic E-state index is 0.370. The summed E-state index contributed by atoms with van der Waals surface area (Å²) in [5.74, 6) is -2.23. The lowest BCUT2D eigenvalue weighted by molar-refractivity contribution is -0.188. The number of carbonyl (C=O) groups excluding carboxylic acids is 3. The van der Waals surface area contributed by atoms with Crippen LogP contribution < -0.4 is 0 Å². The number of hydrogen-bond donors (Lipinski definition) is 0. The minimum Gasteiger partial charge on any atom is -0.452 e. The van der Waals surface area contributed by atoms with Crippen molar-refractivity contribution in [3.05, 3.63) is 0 Å². The van der Waals surface area contributed by atoms with E-state index in [0.717, 1.165) is 0 Å². The van der Waals surface area contributed by atoms with E-state index >= 15 is 0 Å². The van der Waals surface area contributed by atoms with Crippen molar-refractivity contribution in [2.24, 2.45) is 0 Å². The van der Waals surface area contributed by atoms with Gasteiger partial charge in [-0.25, -0.2) is 14.4 Å². The summed E-state index contributed by atoms with van der Waals surface area (Å²) >= 11 is 0. The van der Waals surface area contributed by atoms with E-state index in [1.54, 1.807) is 0 Å². The summed E-state index contributed by atoms with van der Waals surface area (Å²) in [7, 11) is 0. The highest BCUT2D eigenvalue weighted by Gasteiger charge is 2.20. The fourth-order valence-electron chi connectivity index (χ4n) is 1.12. The third-order valence-electron chi connectivity index (χ3n) is 1.88. The van der Waals surface area contributed by atoms with Gasteiger partial charge in [0, 0.05) is 6.42 Å². The molecule has 1 heterocycles. The van der Waals surface area contributed by atoms with E-state index in [0.29, 0.717) is 12.8 Å². The molecule has 0 N–H and O–H groups in total. The molecule has 0 saturated carbocycles. The summed E-state index contributed by atoms with van der Waals surface area (Å²) in [6, 6.07) is 0. The minimum atomic E-state index is -0.822. The Labute approximate surface area is 98.0 Å². The average Bonchev–Trinajstić information content (AvgIpc) is 2.32. The van der Waals surface area contributed by atoms with Gasteiger partial charge in [0.2, 0.25) is 6.29 Å². The standard InChI is InChI=1S/C10H14O7/c1-2-3-10-16-5-8(12)14-4-7(11)15-6-9(13)17-10/h10H,2-6H2,1H3. The number of carbonyl (C=O) groups is 3. The Morgan fingerprint density at radius 3 is 2.24 bits per heavy atom. The molecule has 0 spiro atoms. The van der Waals surface area contributed by atoms with Crippen LogP contribution in [0.4, 0.5) is 0 Å². The van der Waals surface area contributed by atoms with Crippen molar-refractivity contribution in [3.63, 3.8) is 0 Å². The smallest absolute Gasteiger partial charge is 0.346 e. The van der Waals surface area contributed by atoms with Crippen LogP contribution in [0, 0.1) is 0 Å². The second-order valence-electron chi connectivity index (χ2n) is 3.34. The Bertz CT molecular complexity index is 299. The monoisotopic (exact) mass is 246 g/mol. The van der Waals surface area contributed by atoms with E-state index in [-0.39, 0.29) is 6.61 Å². The lowest BCUT2D eigenvalue weighted by Crippen LogP contribution is -2.26. The molecule has 1 aliphatic rings. The maximum absolute atomic E-state index is 11.2. The highest BCUT2D eigenvalue weighted by atomic mass is 16.7. The molecule has 7 nitrogen and oxygen atoms in total. The summed E-state index contributed by atoms with van der Waals surface area (Å²) in [6.45, 7) is 0.458. The van der Waals surface area contributed by atoms with Crippen molar-refractivity contribution in [1.82, 2.24) is 0 Å². The van der Waals surface area contributed by atoms with Gasteiger partial charge in [-0.3, -0.25) is 0 Å². The first-order valence-electron chi connectivity index (χ1n) is 5.24. The molecule has 0 aliphatic carbocycles. The topological polar surface area (TPSA) is 88.1 Å². The molecule has 1 rings (SSSR count). The van der Waals surface area contributed by atoms with Crippen molar-refractivity contribution in [2.45, 2.75) is 26.1 Å². The van der Waals surface area contributed by atoms with Crippen LogP contribution in [0.2, 0.25) is 0 Å². The van der Waals surface area contributed by atoms with E-state index in [1.807, 2.05) is 6.92 Å². The fraction of sp³-hybridized carbons (Fsp3) is 0.700. The van der Waals surface area contributed by atoms with Gasteiger partial charge in [0.1, 0.15) is 6.61 Å². The molecule has 1 unspecified atom stereocenters. The molecule has 0 radical (unpaired) electrons. The first kappa shape index (κ1) is 13.4. The fourth-order valence-corrected chi connectivity index (χ4v) is 1.12. The number of rotatable bonds is 2. The molecule has 0 bridgehead atoms. The van der Waals surface area contributed by atoms with Crippen LogP contribution in [-0.2, 0) is 33.3 Å². The van der Waals surface area contributed by atoms with E-state index in [9.17, 15) is 14.4 Å². The molecular weight excluding hydrogens is 232 g/mol. The van der Waals surface area contributed by atoms with Crippen molar-refractivity contribution >= 4 is 17.9 Å². The van der Waals surface area contributed by atoms with E-state index < -0.39 is 37.4 Å². The van der Waals surface area contributed by atoms with Gasteiger partial charge in [-0.15, -0.1) is 0 Å². The van der Waals surface area contributed by atoms with Gasteiger partial charge in [0.15, 0.2) is 13.2 Å². The Kier molecular flexibility index (Phi) is 5.41. The van der Waals surface area contributed by atoms with Gasteiger partial charge in [0.25, 0.3) is 0 Å². The molecule has 1 saturated heterocycles. The quantitative estimate of drug-likeness (QED) is 0.491. The van der Waals surface area contributed by atoms with E-state index in [2.05, 4.69) is 9.47 Å². The number of ether oxygens (including phenoxy) is 4. The van der Waals surface area contributed by atoms with Crippen LogP contribution in [0.5, 0.6) is 0 Å². The molecule has 1 atom stereocenters. The normalized spacial score (nSPS) is 23.1. The van der Waals surface area contributed by atoms with Gasteiger partial charge in [-0.2, -0.15) is 0 Å². The van der Waals surface area contributed by atoms with Crippen LogP contribution in [0.1, 0.15) is 19.8 Å². The number of esters is 3. The Hall–Kier alpha value is -1.63. The summed E-state index contributed by atoms with van der Waals surface area (Å²) in [5.41, 5.74) is 0. The summed E-state index contributed by atoms with van der Waals surface area (Å²) in [6.07, 6.45) is 0.344. The van der Waals surface area contributed by atoms with Crippen LogP contribution in [0.15, 0.2) is 0 Å². The molecule has 17 heavy (non-hydrogen) atoms. The largest absolute Gasteiger partial charge is 0.452 e. The Morgan fingerprint density at radius 2 is 1.59 bits per heavy atom. The lowest BCUT2D eigenvalue weighted by atomic mass is 10.3. The molecule has 0 aromatic heterocycles. The van der Waals surface area contributed by atoms with Gasteiger partial charge >= 0.3 is 17.9 Å². The average molecular weight is 246 g/mol. The van der Waals surface area contributed by atoms with Crippen LogP contribution in [-0.4, -0.2) is 44.0 Å². The molecule has 1 fully saturated rings. The molecule has 1 aliphatic heterocycles. The second-order valence-corrected chi connectivity index (χ2v) is 3.34.